The molecule has 4 nitrogen and oxygen atoms in total. The zero-order valence-electron chi connectivity index (χ0n) is 12.0. The zero-order chi connectivity index (χ0) is 15.8. The van der Waals surface area contributed by atoms with E-state index in [-0.39, 0.29) is 12.5 Å². The van der Waals surface area contributed by atoms with Crippen molar-refractivity contribution in [2.45, 2.75) is 0 Å². The van der Waals surface area contributed by atoms with Gasteiger partial charge >= 0.3 is 0 Å². The Kier molecular flexibility index (Phi) is 5.86. The Hall–Kier alpha value is -2.46. The van der Waals surface area contributed by atoms with Crippen LogP contribution in [0.15, 0.2) is 61.2 Å². The van der Waals surface area contributed by atoms with Crippen LogP contribution in [0.2, 0.25) is 5.02 Å². The topological polar surface area (TPSA) is 50.4 Å². The molecule has 5 heteroatoms. The minimum atomic E-state index is -0.166. The molecule has 2 N–H and O–H groups in total. The fraction of sp³-hybridized carbons (Fsp3) is 0.118. The van der Waals surface area contributed by atoms with Crippen LogP contribution in [0.1, 0.15) is 0 Å². The third-order valence-electron chi connectivity index (χ3n) is 2.79. The number of amides is 1. The second-order valence-electron chi connectivity index (χ2n) is 4.51. The van der Waals surface area contributed by atoms with Crippen LogP contribution >= 0.6 is 11.6 Å². The minimum Gasteiger partial charge on any atom is -0.487 e. The van der Waals surface area contributed by atoms with Crippen molar-refractivity contribution in [1.29, 1.82) is 0 Å². The number of ether oxygens (including phenoxy) is 1. The fourth-order valence-corrected chi connectivity index (χ4v) is 2.02. The van der Waals surface area contributed by atoms with Crippen molar-refractivity contribution in [3.8, 4) is 5.75 Å². The van der Waals surface area contributed by atoms with Crippen LogP contribution in [0.5, 0.6) is 5.75 Å². The molecule has 0 bridgehead atoms. The van der Waals surface area contributed by atoms with Gasteiger partial charge in [0.15, 0.2) is 0 Å². The van der Waals surface area contributed by atoms with Crippen LogP contribution in [0.4, 0.5) is 11.4 Å². The van der Waals surface area contributed by atoms with Gasteiger partial charge in [0.1, 0.15) is 12.4 Å². The van der Waals surface area contributed by atoms with Gasteiger partial charge in [-0.25, -0.2) is 0 Å². The number of hydrogen-bond donors (Lipinski definition) is 2. The van der Waals surface area contributed by atoms with Gasteiger partial charge in [0.05, 0.1) is 12.2 Å². The molecule has 0 radical (unpaired) electrons. The van der Waals surface area contributed by atoms with Crippen LogP contribution < -0.4 is 15.4 Å². The summed E-state index contributed by atoms with van der Waals surface area (Å²) in [4.78, 5) is 11.9. The van der Waals surface area contributed by atoms with E-state index < -0.39 is 0 Å². The fourth-order valence-electron chi connectivity index (χ4n) is 1.83. The molecular formula is C17H17ClN2O2. The first-order valence-corrected chi connectivity index (χ1v) is 7.19. The van der Waals surface area contributed by atoms with Gasteiger partial charge in [0.25, 0.3) is 0 Å². The van der Waals surface area contributed by atoms with Crippen LogP contribution in [-0.2, 0) is 4.79 Å². The molecule has 0 unspecified atom stereocenters. The Bertz CT molecular complexity index is 659. The number of halogens is 1. The summed E-state index contributed by atoms with van der Waals surface area (Å²) >= 11 is 5.88. The van der Waals surface area contributed by atoms with Crippen molar-refractivity contribution in [2.75, 3.05) is 23.8 Å². The lowest BCUT2D eigenvalue weighted by Crippen LogP contribution is -2.22. The van der Waals surface area contributed by atoms with Crippen molar-refractivity contribution in [1.82, 2.24) is 0 Å². The highest BCUT2D eigenvalue weighted by Crippen LogP contribution is 2.23. The van der Waals surface area contributed by atoms with Crippen molar-refractivity contribution in [3.63, 3.8) is 0 Å². The number of benzene rings is 2. The van der Waals surface area contributed by atoms with E-state index in [9.17, 15) is 4.79 Å². The smallest absolute Gasteiger partial charge is 0.243 e. The molecule has 114 valence electrons. The minimum absolute atomic E-state index is 0.126. The molecule has 1 amide bonds. The van der Waals surface area contributed by atoms with Gasteiger partial charge in [-0.2, -0.15) is 0 Å². The number of nitrogens with one attached hydrogen (secondary N) is 2. The van der Waals surface area contributed by atoms with Crippen molar-refractivity contribution >= 4 is 28.9 Å². The molecule has 0 saturated heterocycles. The summed E-state index contributed by atoms with van der Waals surface area (Å²) in [5, 5.41) is 6.40. The van der Waals surface area contributed by atoms with E-state index in [2.05, 4.69) is 17.2 Å². The van der Waals surface area contributed by atoms with E-state index in [1.165, 1.54) is 0 Å². The van der Waals surface area contributed by atoms with E-state index in [4.69, 9.17) is 16.3 Å². The molecule has 0 atom stereocenters. The monoisotopic (exact) mass is 316 g/mol. The number of anilines is 2. The van der Waals surface area contributed by atoms with Gasteiger partial charge in [0.2, 0.25) is 5.91 Å². The average Bonchev–Trinajstić information content (AvgIpc) is 2.51. The maximum atomic E-state index is 11.9. The Labute approximate surface area is 134 Å². The molecule has 0 aliphatic rings. The SMILES string of the molecule is C=CCOc1ccccc1NCC(=O)Nc1cccc(Cl)c1. The van der Waals surface area contributed by atoms with E-state index in [1.54, 1.807) is 30.3 Å². The lowest BCUT2D eigenvalue weighted by molar-refractivity contribution is -0.114. The number of hydrogen-bond acceptors (Lipinski definition) is 3. The Morgan fingerprint density at radius 3 is 2.82 bits per heavy atom. The summed E-state index contributed by atoms with van der Waals surface area (Å²) in [7, 11) is 0. The van der Waals surface area contributed by atoms with Crippen LogP contribution in [0, 0.1) is 0 Å². The maximum Gasteiger partial charge on any atom is 0.243 e. The summed E-state index contributed by atoms with van der Waals surface area (Å²) < 4.78 is 5.52. The average molecular weight is 317 g/mol. The molecule has 0 spiro atoms. The van der Waals surface area contributed by atoms with Gasteiger partial charge in [-0.15, -0.1) is 0 Å². The first-order valence-electron chi connectivity index (χ1n) is 6.81. The van der Waals surface area contributed by atoms with Crippen molar-refractivity contribution < 1.29 is 9.53 Å². The number of carbonyl (C=O) groups is 1. The quantitative estimate of drug-likeness (QED) is 0.760. The highest BCUT2D eigenvalue weighted by Gasteiger charge is 2.06. The van der Waals surface area contributed by atoms with Crippen LogP contribution in [-0.4, -0.2) is 19.1 Å². The third-order valence-corrected chi connectivity index (χ3v) is 3.03. The molecule has 22 heavy (non-hydrogen) atoms. The molecule has 0 aliphatic carbocycles. The Balaban J connectivity index is 1.92. The van der Waals surface area contributed by atoms with Crippen LogP contribution in [0.3, 0.4) is 0 Å². The van der Waals surface area contributed by atoms with Crippen molar-refractivity contribution in [3.05, 3.63) is 66.2 Å². The summed E-state index contributed by atoms with van der Waals surface area (Å²) in [6, 6.07) is 14.4. The molecule has 0 saturated carbocycles. The lowest BCUT2D eigenvalue weighted by atomic mass is 10.3. The molecule has 2 aromatic rings. The van der Waals surface area contributed by atoms with Gasteiger partial charge in [-0.1, -0.05) is 42.5 Å². The van der Waals surface area contributed by atoms with E-state index >= 15 is 0 Å². The maximum absolute atomic E-state index is 11.9. The normalized spacial score (nSPS) is 9.86. The Morgan fingerprint density at radius 1 is 1.23 bits per heavy atom. The van der Waals surface area contributed by atoms with Crippen LogP contribution in [0.25, 0.3) is 0 Å². The lowest BCUT2D eigenvalue weighted by Gasteiger charge is -2.12. The Morgan fingerprint density at radius 2 is 2.05 bits per heavy atom. The second-order valence-corrected chi connectivity index (χ2v) is 4.94. The molecule has 2 aromatic carbocycles. The summed E-state index contributed by atoms with van der Waals surface area (Å²) in [5.74, 6) is 0.513. The molecule has 2 rings (SSSR count). The largest absolute Gasteiger partial charge is 0.487 e. The summed E-state index contributed by atoms with van der Waals surface area (Å²) in [6.07, 6.45) is 1.67. The number of rotatable bonds is 7. The first-order chi connectivity index (χ1) is 10.7. The summed E-state index contributed by atoms with van der Waals surface area (Å²) in [5.41, 5.74) is 1.42. The van der Waals surface area contributed by atoms with Gasteiger partial charge in [-0.05, 0) is 30.3 Å². The van der Waals surface area contributed by atoms with Gasteiger partial charge < -0.3 is 15.4 Å². The first kappa shape index (κ1) is 15.9. The third kappa shape index (κ3) is 4.82. The van der Waals surface area contributed by atoms with Gasteiger partial charge in [0, 0.05) is 10.7 Å². The molecule has 0 aliphatic heterocycles. The molecular weight excluding hydrogens is 300 g/mol. The molecule has 0 aromatic heterocycles. The number of carbonyl (C=O) groups excluding carboxylic acids is 1. The second kappa shape index (κ2) is 8.10. The standard InChI is InChI=1S/C17H17ClN2O2/c1-2-10-22-16-9-4-3-8-15(16)19-12-17(21)20-14-7-5-6-13(18)11-14/h2-9,11,19H,1,10,12H2,(H,20,21). The highest BCUT2D eigenvalue weighted by molar-refractivity contribution is 6.30. The van der Waals surface area contributed by atoms with E-state index in [0.29, 0.717) is 23.1 Å². The van der Waals surface area contributed by atoms with E-state index in [0.717, 1.165) is 5.69 Å². The predicted octanol–water partition coefficient (Wildman–Crippen LogP) is 3.96. The number of para-hydroxylation sites is 2. The zero-order valence-corrected chi connectivity index (χ0v) is 12.8. The highest BCUT2D eigenvalue weighted by atomic mass is 35.5. The van der Waals surface area contributed by atoms with Gasteiger partial charge in [-0.3, -0.25) is 4.79 Å². The summed E-state index contributed by atoms with van der Waals surface area (Å²) in [6.45, 7) is 4.15. The van der Waals surface area contributed by atoms with E-state index in [1.807, 2.05) is 24.3 Å². The molecule has 0 fully saturated rings. The predicted molar refractivity (Wildman–Crippen MR) is 90.7 cm³/mol. The van der Waals surface area contributed by atoms with Crippen molar-refractivity contribution in [2.24, 2.45) is 0 Å². The molecule has 0 heterocycles.